The molecule has 0 spiro atoms. The van der Waals surface area contributed by atoms with Gasteiger partial charge in [-0.1, -0.05) is 91.7 Å². The van der Waals surface area contributed by atoms with Crippen molar-refractivity contribution < 1.29 is 14.1 Å². The summed E-state index contributed by atoms with van der Waals surface area (Å²) in [6, 6.07) is 28.7. The molecule has 4 heteroatoms. The number of hydrogen-bond donors (Lipinski definition) is 0. The first-order valence-electron chi connectivity index (χ1n) is 11.1. The van der Waals surface area contributed by atoms with Crippen LogP contribution in [0.4, 0.5) is 0 Å². The maximum atomic E-state index is 14.6. The van der Waals surface area contributed by atoms with Crippen molar-refractivity contribution in [2.45, 2.75) is 38.2 Å². The third kappa shape index (κ3) is 5.17. The molecule has 1 saturated carbocycles. The van der Waals surface area contributed by atoms with E-state index in [9.17, 15) is 9.36 Å². The zero-order valence-electron chi connectivity index (χ0n) is 17.7. The van der Waals surface area contributed by atoms with Crippen LogP contribution in [0.15, 0.2) is 91.0 Å². The first-order chi connectivity index (χ1) is 15.2. The molecular formula is C27H29O3P. The minimum Gasteiger partial charge on any atom is -0.458 e. The third-order valence-corrected chi connectivity index (χ3v) is 9.44. The molecule has 1 fully saturated rings. The van der Waals surface area contributed by atoms with Crippen molar-refractivity contribution in [3.63, 3.8) is 0 Å². The number of carbonyl (C=O) groups excluding carboxylic acids is 1. The van der Waals surface area contributed by atoms with Crippen LogP contribution in [0.25, 0.3) is 0 Å². The first-order valence-corrected chi connectivity index (χ1v) is 13.0. The van der Waals surface area contributed by atoms with Crippen molar-refractivity contribution in [3.05, 3.63) is 96.6 Å². The van der Waals surface area contributed by atoms with Gasteiger partial charge in [-0.25, -0.2) is 4.79 Å². The van der Waals surface area contributed by atoms with E-state index < -0.39 is 7.14 Å². The van der Waals surface area contributed by atoms with E-state index in [2.05, 4.69) is 0 Å². The van der Waals surface area contributed by atoms with Crippen molar-refractivity contribution in [3.8, 4) is 0 Å². The van der Waals surface area contributed by atoms with Crippen molar-refractivity contribution in [1.29, 1.82) is 0 Å². The predicted octanol–water partition coefficient (Wildman–Crippen LogP) is 5.81. The fourth-order valence-corrected chi connectivity index (χ4v) is 7.63. The monoisotopic (exact) mass is 432 g/mol. The maximum absolute atomic E-state index is 14.6. The number of esters is 1. The number of benzene rings is 3. The Bertz CT molecular complexity index is 975. The summed E-state index contributed by atoms with van der Waals surface area (Å²) in [5, 5.41) is 1.75. The first kappa shape index (κ1) is 21.6. The highest BCUT2D eigenvalue weighted by atomic mass is 31.2. The van der Waals surface area contributed by atoms with Gasteiger partial charge in [-0.05, 0) is 31.4 Å². The Morgan fingerprint density at radius 1 is 0.742 bits per heavy atom. The second kappa shape index (κ2) is 10.1. The molecule has 0 N–H and O–H groups in total. The van der Waals surface area contributed by atoms with E-state index in [1.54, 1.807) is 12.1 Å². The smallest absolute Gasteiger partial charge is 0.338 e. The predicted molar refractivity (Wildman–Crippen MR) is 127 cm³/mol. The molecule has 0 aromatic heterocycles. The summed E-state index contributed by atoms with van der Waals surface area (Å²) in [6.45, 7) is 0. The van der Waals surface area contributed by atoms with E-state index >= 15 is 0 Å². The molecular weight excluding hydrogens is 403 g/mol. The molecule has 1 aliphatic rings. The Kier molecular flexibility index (Phi) is 7.04. The second-order valence-electron chi connectivity index (χ2n) is 8.30. The van der Waals surface area contributed by atoms with Crippen molar-refractivity contribution in [2.24, 2.45) is 5.92 Å². The van der Waals surface area contributed by atoms with Gasteiger partial charge in [-0.2, -0.15) is 0 Å². The highest BCUT2D eigenvalue weighted by Gasteiger charge is 2.36. The molecule has 31 heavy (non-hydrogen) atoms. The molecule has 3 aromatic carbocycles. The van der Waals surface area contributed by atoms with Gasteiger partial charge in [0.25, 0.3) is 0 Å². The van der Waals surface area contributed by atoms with Crippen LogP contribution < -0.4 is 10.6 Å². The normalized spacial score (nSPS) is 19.4. The Morgan fingerprint density at radius 2 is 1.26 bits per heavy atom. The lowest BCUT2D eigenvalue weighted by Crippen LogP contribution is -2.32. The average Bonchev–Trinajstić information content (AvgIpc) is 3.05. The molecule has 2 atom stereocenters. The number of carbonyl (C=O) groups is 1. The van der Waals surface area contributed by atoms with Gasteiger partial charge in [0.15, 0.2) is 0 Å². The molecule has 160 valence electrons. The van der Waals surface area contributed by atoms with Crippen LogP contribution in [0.5, 0.6) is 0 Å². The van der Waals surface area contributed by atoms with Gasteiger partial charge in [0, 0.05) is 22.7 Å². The maximum Gasteiger partial charge on any atom is 0.338 e. The van der Waals surface area contributed by atoms with Gasteiger partial charge in [0.2, 0.25) is 0 Å². The van der Waals surface area contributed by atoms with Crippen LogP contribution in [0, 0.1) is 5.92 Å². The summed E-state index contributed by atoms with van der Waals surface area (Å²) in [7, 11) is -2.86. The summed E-state index contributed by atoms with van der Waals surface area (Å²) in [4.78, 5) is 12.8. The van der Waals surface area contributed by atoms with Crippen LogP contribution >= 0.6 is 7.14 Å². The minimum atomic E-state index is -2.86. The van der Waals surface area contributed by atoms with Gasteiger partial charge in [0.05, 0.1) is 5.56 Å². The van der Waals surface area contributed by atoms with E-state index in [1.165, 1.54) is 0 Å². The molecule has 0 radical (unpaired) electrons. The van der Waals surface area contributed by atoms with Crippen molar-refractivity contribution in [1.82, 2.24) is 0 Å². The summed E-state index contributed by atoms with van der Waals surface area (Å²) in [6.07, 6.45) is 5.29. The van der Waals surface area contributed by atoms with Crippen LogP contribution in [0.3, 0.4) is 0 Å². The lowest BCUT2D eigenvalue weighted by molar-refractivity contribution is 0.0147. The average molecular weight is 433 g/mol. The quantitative estimate of drug-likeness (QED) is 0.281. The fourth-order valence-electron chi connectivity index (χ4n) is 4.52. The van der Waals surface area contributed by atoms with Gasteiger partial charge in [0.1, 0.15) is 13.2 Å². The zero-order valence-corrected chi connectivity index (χ0v) is 18.6. The van der Waals surface area contributed by atoms with E-state index in [1.807, 2.05) is 78.9 Å². The van der Waals surface area contributed by atoms with Crippen LogP contribution in [-0.4, -0.2) is 18.2 Å². The van der Waals surface area contributed by atoms with Gasteiger partial charge in [-0.15, -0.1) is 0 Å². The minimum absolute atomic E-state index is 0.0707. The second-order valence-corrected chi connectivity index (χ2v) is 11.2. The fraction of sp³-hybridized carbons (Fsp3) is 0.296. The summed E-state index contributed by atoms with van der Waals surface area (Å²) < 4.78 is 20.6. The third-order valence-electron chi connectivity index (χ3n) is 6.20. The van der Waals surface area contributed by atoms with E-state index in [0.717, 1.165) is 42.7 Å². The molecule has 3 nitrogen and oxygen atoms in total. The van der Waals surface area contributed by atoms with E-state index in [4.69, 9.17) is 4.74 Å². The van der Waals surface area contributed by atoms with Crippen LogP contribution in [0.2, 0.25) is 0 Å². The standard InChI is InChI=1S/C27H29O3P/c28-27(22-13-5-1-6-14-22)30-26-20-12-2-7-15-23(26)21-31(29,24-16-8-3-9-17-24)25-18-10-4-11-19-25/h1,3-6,8-11,13-14,16-19,23,26H,2,7,12,15,20-21H2/t23-,26+/m0/s1. The molecule has 0 saturated heterocycles. The molecule has 4 rings (SSSR count). The van der Waals surface area contributed by atoms with Gasteiger partial charge < -0.3 is 9.30 Å². The Morgan fingerprint density at radius 3 is 1.84 bits per heavy atom. The molecule has 0 amide bonds. The molecule has 0 heterocycles. The number of hydrogen-bond acceptors (Lipinski definition) is 3. The molecule has 0 aliphatic heterocycles. The topological polar surface area (TPSA) is 43.4 Å². The Balaban J connectivity index is 1.63. The molecule has 0 unspecified atom stereocenters. The van der Waals surface area contributed by atoms with Crippen molar-refractivity contribution in [2.75, 3.05) is 6.16 Å². The lowest BCUT2D eigenvalue weighted by Gasteiger charge is -2.29. The van der Waals surface area contributed by atoms with Gasteiger partial charge >= 0.3 is 5.97 Å². The molecule has 1 aliphatic carbocycles. The number of rotatable bonds is 6. The zero-order chi connectivity index (χ0) is 21.5. The highest BCUT2D eigenvalue weighted by molar-refractivity contribution is 7.78. The van der Waals surface area contributed by atoms with Gasteiger partial charge in [-0.3, -0.25) is 0 Å². The SMILES string of the molecule is O=C(O[C@@H]1CCCCC[C@H]1CP(=O)(c1ccccc1)c1ccccc1)c1ccccc1. The molecule has 3 aromatic rings. The Hall–Kier alpha value is -2.64. The Labute approximate surface area is 184 Å². The summed E-state index contributed by atoms with van der Waals surface area (Å²) in [5.41, 5.74) is 0.569. The van der Waals surface area contributed by atoms with Crippen LogP contribution in [-0.2, 0) is 9.30 Å². The highest BCUT2D eigenvalue weighted by Crippen LogP contribution is 2.47. The summed E-state index contributed by atoms with van der Waals surface area (Å²) in [5.74, 6) is -0.215. The summed E-state index contributed by atoms with van der Waals surface area (Å²) >= 11 is 0. The van der Waals surface area contributed by atoms with E-state index in [0.29, 0.717) is 11.7 Å². The molecule has 0 bridgehead atoms. The van der Waals surface area contributed by atoms with Crippen molar-refractivity contribution >= 4 is 23.7 Å². The number of ether oxygens (including phenoxy) is 1. The lowest BCUT2D eigenvalue weighted by atomic mass is 9.99. The van der Waals surface area contributed by atoms with E-state index in [-0.39, 0.29) is 18.0 Å². The largest absolute Gasteiger partial charge is 0.458 e. The van der Waals surface area contributed by atoms with Crippen LogP contribution in [0.1, 0.15) is 42.5 Å².